The molecule has 0 heterocycles. The van der Waals surface area contributed by atoms with Gasteiger partial charge in [0.05, 0.1) is 17.2 Å². The van der Waals surface area contributed by atoms with Gasteiger partial charge in [0.1, 0.15) is 5.75 Å². The van der Waals surface area contributed by atoms with Crippen molar-refractivity contribution in [2.24, 2.45) is 0 Å². The molecule has 2 rings (SSSR count). The minimum absolute atomic E-state index is 0.281. The smallest absolute Gasteiger partial charge is 0.262 e. The Morgan fingerprint density at radius 3 is 2.50 bits per heavy atom. The maximum absolute atomic E-state index is 12.6. The second kappa shape index (κ2) is 6.83. The zero-order chi connectivity index (χ0) is 16.2. The molecule has 0 atom stereocenters. The largest absolute Gasteiger partial charge is 0.491 e. The monoisotopic (exact) mass is 319 g/mol. The number of anilines is 1. The van der Waals surface area contributed by atoms with Crippen molar-refractivity contribution >= 4 is 15.7 Å². The molecule has 0 aromatic heterocycles. The van der Waals surface area contributed by atoms with Gasteiger partial charge in [0.25, 0.3) is 10.0 Å². The lowest BCUT2D eigenvalue weighted by Crippen LogP contribution is -2.15. The molecule has 0 aliphatic carbocycles. The first-order valence-corrected chi connectivity index (χ1v) is 8.74. The summed E-state index contributed by atoms with van der Waals surface area (Å²) in [4.78, 5) is 0.281. The van der Waals surface area contributed by atoms with Gasteiger partial charge in [0.15, 0.2) is 0 Å². The molecule has 5 heteroatoms. The molecule has 0 saturated carbocycles. The van der Waals surface area contributed by atoms with Gasteiger partial charge >= 0.3 is 0 Å². The van der Waals surface area contributed by atoms with Gasteiger partial charge in [0, 0.05) is 0 Å². The highest BCUT2D eigenvalue weighted by atomic mass is 32.2. The summed E-state index contributed by atoms with van der Waals surface area (Å²) in [7, 11) is -3.64. The van der Waals surface area contributed by atoms with Crippen molar-refractivity contribution in [2.75, 3.05) is 11.3 Å². The molecule has 22 heavy (non-hydrogen) atoms. The van der Waals surface area contributed by atoms with E-state index in [4.69, 9.17) is 4.74 Å². The predicted octanol–water partition coefficient (Wildman–Crippen LogP) is 3.89. The first kappa shape index (κ1) is 16.4. The molecule has 0 unspecified atom stereocenters. The molecule has 0 bridgehead atoms. The molecule has 1 N–H and O–H groups in total. The standard InChI is InChI=1S/C17H21NO3S/c1-4-11-21-16-8-6-5-7-15(16)18-22(19,20)17-10-9-13(2)12-14(17)3/h5-10,12,18H,4,11H2,1-3H3. The van der Waals surface area contributed by atoms with Gasteiger partial charge < -0.3 is 4.74 Å². The van der Waals surface area contributed by atoms with E-state index >= 15 is 0 Å². The average Bonchev–Trinajstić information content (AvgIpc) is 2.45. The van der Waals surface area contributed by atoms with Crippen molar-refractivity contribution < 1.29 is 13.2 Å². The summed E-state index contributed by atoms with van der Waals surface area (Å²) >= 11 is 0. The van der Waals surface area contributed by atoms with Crippen molar-refractivity contribution in [1.82, 2.24) is 0 Å². The van der Waals surface area contributed by atoms with Crippen LogP contribution in [0.4, 0.5) is 5.69 Å². The number of benzene rings is 2. The van der Waals surface area contributed by atoms with Crippen LogP contribution in [0.3, 0.4) is 0 Å². The summed E-state index contributed by atoms with van der Waals surface area (Å²) in [6.07, 6.45) is 0.859. The molecular formula is C17H21NO3S. The molecule has 2 aromatic carbocycles. The summed E-state index contributed by atoms with van der Waals surface area (Å²) < 4.78 is 33.4. The average molecular weight is 319 g/mol. The van der Waals surface area contributed by atoms with Crippen LogP contribution in [0.15, 0.2) is 47.4 Å². The number of sulfonamides is 1. The fourth-order valence-corrected chi connectivity index (χ4v) is 3.49. The van der Waals surface area contributed by atoms with Crippen LogP contribution in [-0.4, -0.2) is 15.0 Å². The van der Waals surface area contributed by atoms with E-state index in [2.05, 4.69) is 4.72 Å². The number of nitrogens with one attached hydrogen (secondary N) is 1. The molecule has 0 amide bonds. The van der Waals surface area contributed by atoms with E-state index in [0.29, 0.717) is 18.0 Å². The summed E-state index contributed by atoms with van der Waals surface area (Å²) in [6.45, 7) is 6.27. The van der Waals surface area contributed by atoms with E-state index in [1.807, 2.05) is 26.0 Å². The van der Waals surface area contributed by atoms with Gasteiger partial charge in [-0.1, -0.05) is 36.8 Å². The van der Waals surface area contributed by atoms with Crippen LogP contribution in [0.2, 0.25) is 0 Å². The summed E-state index contributed by atoms with van der Waals surface area (Å²) in [5.41, 5.74) is 2.21. The Kier molecular flexibility index (Phi) is 5.08. The summed E-state index contributed by atoms with van der Waals surface area (Å²) in [5, 5.41) is 0. The third-order valence-electron chi connectivity index (χ3n) is 3.21. The van der Waals surface area contributed by atoms with Crippen LogP contribution >= 0.6 is 0 Å². The van der Waals surface area contributed by atoms with Gasteiger partial charge in [-0.25, -0.2) is 8.42 Å². The van der Waals surface area contributed by atoms with Crippen LogP contribution in [0.1, 0.15) is 24.5 Å². The molecule has 0 saturated heterocycles. The highest BCUT2D eigenvalue weighted by Crippen LogP contribution is 2.27. The lowest BCUT2D eigenvalue weighted by Gasteiger charge is -2.14. The quantitative estimate of drug-likeness (QED) is 0.878. The topological polar surface area (TPSA) is 55.4 Å². The maximum Gasteiger partial charge on any atom is 0.262 e. The minimum Gasteiger partial charge on any atom is -0.491 e. The van der Waals surface area contributed by atoms with Gasteiger partial charge in [-0.3, -0.25) is 4.72 Å². The second-order valence-corrected chi connectivity index (χ2v) is 6.87. The Labute approximate surface area is 132 Å². The Balaban J connectivity index is 2.33. The van der Waals surface area contributed by atoms with E-state index in [1.54, 1.807) is 37.3 Å². The van der Waals surface area contributed by atoms with Crippen molar-refractivity contribution in [3.05, 3.63) is 53.6 Å². The van der Waals surface area contributed by atoms with Gasteiger partial charge in [-0.05, 0) is 44.0 Å². The molecule has 0 fully saturated rings. The fourth-order valence-electron chi connectivity index (χ4n) is 2.19. The lowest BCUT2D eigenvalue weighted by atomic mass is 10.2. The number of rotatable bonds is 6. The number of hydrogen-bond acceptors (Lipinski definition) is 3. The number of hydrogen-bond donors (Lipinski definition) is 1. The predicted molar refractivity (Wildman–Crippen MR) is 89.0 cm³/mol. The van der Waals surface area contributed by atoms with E-state index in [-0.39, 0.29) is 4.90 Å². The van der Waals surface area contributed by atoms with Crippen LogP contribution in [0, 0.1) is 13.8 Å². The van der Waals surface area contributed by atoms with Crippen LogP contribution in [0.25, 0.3) is 0 Å². The Morgan fingerprint density at radius 1 is 1.09 bits per heavy atom. The number of para-hydroxylation sites is 2. The molecule has 0 aliphatic rings. The van der Waals surface area contributed by atoms with E-state index in [0.717, 1.165) is 17.5 Å². The normalized spacial score (nSPS) is 11.2. The third kappa shape index (κ3) is 3.80. The molecule has 2 aromatic rings. The zero-order valence-electron chi connectivity index (χ0n) is 13.1. The van der Waals surface area contributed by atoms with Gasteiger partial charge in [-0.2, -0.15) is 0 Å². The Morgan fingerprint density at radius 2 is 1.82 bits per heavy atom. The molecule has 4 nitrogen and oxygen atoms in total. The zero-order valence-corrected chi connectivity index (χ0v) is 13.9. The van der Waals surface area contributed by atoms with E-state index in [9.17, 15) is 8.42 Å². The SMILES string of the molecule is CCCOc1ccccc1NS(=O)(=O)c1ccc(C)cc1C. The first-order valence-electron chi connectivity index (χ1n) is 7.26. The van der Waals surface area contributed by atoms with E-state index < -0.39 is 10.0 Å². The third-order valence-corrected chi connectivity index (χ3v) is 4.74. The summed E-state index contributed by atoms with van der Waals surface area (Å²) in [5.74, 6) is 0.540. The number of ether oxygens (including phenoxy) is 1. The molecule has 0 aliphatic heterocycles. The Bertz CT molecular complexity index is 754. The van der Waals surface area contributed by atoms with Crippen LogP contribution in [0.5, 0.6) is 5.75 Å². The number of aryl methyl sites for hydroxylation is 2. The first-order chi connectivity index (χ1) is 10.4. The lowest BCUT2D eigenvalue weighted by molar-refractivity contribution is 0.319. The van der Waals surface area contributed by atoms with Gasteiger partial charge in [-0.15, -0.1) is 0 Å². The molecule has 0 radical (unpaired) electrons. The molecule has 118 valence electrons. The Hall–Kier alpha value is -2.01. The van der Waals surface area contributed by atoms with Crippen molar-refractivity contribution in [3.63, 3.8) is 0 Å². The highest BCUT2D eigenvalue weighted by molar-refractivity contribution is 7.92. The maximum atomic E-state index is 12.6. The molecule has 0 spiro atoms. The van der Waals surface area contributed by atoms with Gasteiger partial charge in [0.2, 0.25) is 0 Å². The highest BCUT2D eigenvalue weighted by Gasteiger charge is 2.18. The van der Waals surface area contributed by atoms with Crippen molar-refractivity contribution in [2.45, 2.75) is 32.1 Å². The molecular weight excluding hydrogens is 298 g/mol. The summed E-state index contributed by atoms with van der Waals surface area (Å²) in [6, 6.07) is 12.3. The minimum atomic E-state index is -3.64. The van der Waals surface area contributed by atoms with Crippen LogP contribution in [-0.2, 0) is 10.0 Å². The van der Waals surface area contributed by atoms with Crippen LogP contribution < -0.4 is 9.46 Å². The van der Waals surface area contributed by atoms with Crippen molar-refractivity contribution in [1.29, 1.82) is 0 Å². The fraction of sp³-hybridized carbons (Fsp3) is 0.294. The van der Waals surface area contributed by atoms with E-state index in [1.165, 1.54) is 0 Å². The van der Waals surface area contributed by atoms with Crippen molar-refractivity contribution in [3.8, 4) is 5.75 Å². The second-order valence-electron chi connectivity index (χ2n) is 5.22.